The van der Waals surface area contributed by atoms with Gasteiger partial charge in [-0.1, -0.05) is 23.9 Å². The van der Waals surface area contributed by atoms with Crippen LogP contribution < -0.4 is 0 Å². The van der Waals surface area contributed by atoms with Gasteiger partial charge in [-0.3, -0.25) is 9.59 Å². The topological polar surface area (TPSA) is 118 Å². The van der Waals surface area contributed by atoms with E-state index in [2.05, 4.69) is 15.5 Å². The van der Waals surface area contributed by atoms with E-state index in [9.17, 15) is 18.0 Å². The van der Waals surface area contributed by atoms with Crippen molar-refractivity contribution < 1.29 is 18.0 Å². The zero-order valence-corrected chi connectivity index (χ0v) is 18.1. The van der Waals surface area contributed by atoms with E-state index in [1.54, 1.807) is 9.58 Å². The van der Waals surface area contributed by atoms with Crippen molar-refractivity contribution in [3.63, 3.8) is 0 Å². The highest BCUT2D eigenvalue weighted by Gasteiger charge is 2.31. The number of hydrogen-bond acceptors (Lipinski definition) is 8. The second-order valence-electron chi connectivity index (χ2n) is 7.29. The van der Waals surface area contributed by atoms with Crippen LogP contribution in [0.25, 0.3) is 0 Å². The van der Waals surface area contributed by atoms with E-state index < -0.39 is 10.0 Å². The highest BCUT2D eigenvalue weighted by molar-refractivity contribution is 7.99. The highest BCUT2D eigenvalue weighted by atomic mass is 32.2. The number of thioether (sulfide) groups is 1. The number of carbonyl (C=O) groups excluding carboxylic acids is 2. The Bertz CT molecular complexity index is 1040. The van der Waals surface area contributed by atoms with Gasteiger partial charge in [0, 0.05) is 31.7 Å². The fourth-order valence-corrected chi connectivity index (χ4v) is 5.50. The summed E-state index contributed by atoms with van der Waals surface area (Å²) in [7, 11) is -3.66. The Morgan fingerprint density at radius 2 is 1.77 bits per heavy atom. The van der Waals surface area contributed by atoms with Gasteiger partial charge < -0.3 is 4.90 Å². The SMILES string of the molecule is CC(=O)c1ccc(S(=O)(=O)N2CCN(C(=O)CSc3nnnn3C3CC3)CC2)cc1. The predicted octanol–water partition coefficient (Wildman–Crippen LogP) is 0.836. The molecule has 10 nitrogen and oxygen atoms in total. The lowest BCUT2D eigenvalue weighted by molar-refractivity contribution is -0.129. The molecule has 160 valence electrons. The Morgan fingerprint density at radius 1 is 1.10 bits per heavy atom. The van der Waals surface area contributed by atoms with Crippen molar-refractivity contribution in [3.05, 3.63) is 29.8 Å². The molecule has 1 aromatic heterocycles. The number of amides is 1. The molecule has 2 heterocycles. The molecular formula is C18H22N6O4S2. The molecule has 2 fully saturated rings. The van der Waals surface area contributed by atoms with E-state index in [1.165, 1.54) is 47.3 Å². The van der Waals surface area contributed by atoms with Gasteiger partial charge in [0.25, 0.3) is 0 Å². The number of rotatable bonds is 7. The molecule has 4 rings (SSSR count). The van der Waals surface area contributed by atoms with Crippen LogP contribution in [-0.4, -0.2) is 81.5 Å². The molecule has 12 heteroatoms. The minimum atomic E-state index is -3.66. The van der Waals surface area contributed by atoms with Gasteiger partial charge in [0.05, 0.1) is 16.7 Å². The van der Waals surface area contributed by atoms with Crippen LogP contribution in [0.15, 0.2) is 34.3 Å². The lowest BCUT2D eigenvalue weighted by atomic mass is 10.2. The van der Waals surface area contributed by atoms with Crippen molar-refractivity contribution in [1.82, 2.24) is 29.4 Å². The molecule has 2 aromatic rings. The maximum Gasteiger partial charge on any atom is 0.243 e. The summed E-state index contributed by atoms with van der Waals surface area (Å²) in [5, 5.41) is 12.3. The summed E-state index contributed by atoms with van der Waals surface area (Å²) >= 11 is 1.31. The standard InChI is InChI=1S/C18H22N6O4S2/c1-13(25)14-2-6-16(7-3-14)30(27,28)23-10-8-22(9-11-23)17(26)12-29-18-19-20-21-24(18)15-4-5-15/h2-3,6-7,15H,4-5,8-12H2,1H3. The zero-order chi connectivity index (χ0) is 21.3. The monoisotopic (exact) mass is 450 g/mol. The Morgan fingerprint density at radius 3 is 2.37 bits per heavy atom. The van der Waals surface area contributed by atoms with Crippen LogP contribution >= 0.6 is 11.8 Å². The third-order valence-electron chi connectivity index (χ3n) is 5.17. The molecule has 1 saturated carbocycles. The molecule has 0 unspecified atom stereocenters. The largest absolute Gasteiger partial charge is 0.339 e. The molecule has 0 bridgehead atoms. The van der Waals surface area contributed by atoms with Gasteiger partial charge in [-0.05, 0) is 42.3 Å². The molecule has 1 amide bonds. The maximum atomic E-state index is 12.8. The van der Waals surface area contributed by atoms with E-state index in [4.69, 9.17) is 0 Å². The summed E-state index contributed by atoms with van der Waals surface area (Å²) < 4.78 is 28.8. The number of ketones is 1. The predicted molar refractivity (Wildman–Crippen MR) is 109 cm³/mol. The summed E-state index contributed by atoms with van der Waals surface area (Å²) in [4.78, 5) is 25.7. The van der Waals surface area contributed by atoms with Crippen LogP contribution in [0.4, 0.5) is 0 Å². The molecule has 1 aromatic carbocycles. The van der Waals surface area contributed by atoms with Gasteiger partial charge >= 0.3 is 0 Å². The fraction of sp³-hybridized carbons (Fsp3) is 0.500. The van der Waals surface area contributed by atoms with Crippen molar-refractivity contribution in [3.8, 4) is 0 Å². The number of benzene rings is 1. The Labute approximate surface area is 178 Å². The van der Waals surface area contributed by atoms with Crippen molar-refractivity contribution in [2.24, 2.45) is 0 Å². The minimum absolute atomic E-state index is 0.0618. The summed E-state index contributed by atoms with van der Waals surface area (Å²) in [5.74, 6) is 0.0371. The number of Topliss-reactive ketones (excluding diaryl/α,β-unsaturated/α-hetero) is 1. The average molecular weight is 451 g/mol. The van der Waals surface area contributed by atoms with E-state index in [1.807, 2.05) is 0 Å². The van der Waals surface area contributed by atoms with Crippen LogP contribution in [0.1, 0.15) is 36.2 Å². The van der Waals surface area contributed by atoms with E-state index >= 15 is 0 Å². The Balaban J connectivity index is 1.31. The number of tetrazole rings is 1. The summed E-state index contributed by atoms with van der Waals surface area (Å²) in [6, 6.07) is 6.27. The molecule has 1 aliphatic heterocycles. The normalized spacial score (nSPS) is 17.8. The second-order valence-corrected chi connectivity index (χ2v) is 10.2. The van der Waals surface area contributed by atoms with Crippen molar-refractivity contribution >= 4 is 33.5 Å². The third kappa shape index (κ3) is 4.40. The minimum Gasteiger partial charge on any atom is -0.339 e. The first-order valence-electron chi connectivity index (χ1n) is 9.66. The van der Waals surface area contributed by atoms with Crippen LogP contribution in [0.5, 0.6) is 0 Å². The first-order valence-corrected chi connectivity index (χ1v) is 12.1. The van der Waals surface area contributed by atoms with E-state index in [0.29, 0.717) is 29.9 Å². The van der Waals surface area contributed by atoms with Crippen molar-refractivity contribution in [1.29, 1.82) is 0 Å². The Kier molecular flexibility index (Phi) is 5.89. The molecule has 30 heavy (non-hydrogen) atoms. The lowest BCUT2D eigenvalue weighted by Gasteiger charge is -2.34. The van der Waals surface area contributed by atoms with Crippen molar-refractivity contribution in [2.75, 3.05) is 31.9 Å². The lowest BCUT2D eigenvalue weighted by Crippen LogP contribution is -2.51. The first-order chi connectivity index (χ1) is 14.4. The molecule has 0 spiro atoms. The smallest absolute Gasteiger partial charge is 0.243 e. The van der Waals surface area contributed by atoms with Gasteiger partial charge in [-0.15, -0.1) is 5.10 Å². The highest BCUT2D eigenvalue weighted by Crippen LogP contribution is 2.36. The summed E-state index contributed by atoms with van der Waals surface area (Å²) in [6.45, 7) is 2.56. The first kappa shape index (κ1) is 20.9. The molecule has 0 atom stereocenters. The van der Waals surface area contributed by atoms with Crippen molar-refractivity contribution in [2.45, 2.75) is 35.9 Å². The van der Waals surface area contributed by atoms with Crippen LogP contribution in [0, 0.1) is 0 Å². The molecule has 2 aliphatic rings. The number of piperazine rings is 1. The molecule has 1 saturated heterocycles. The van der Waals surface area contributed by atoms with Crippen LogP contribution in [-0.2, 0) is 14.8 Å². The van der Waals surface area contributed by atoms with Gasteiger partial charge in [-0.25, -0.2) is 13.1 Å². The fourth-order valence-electron chi connectivity index (χ4n) is 3.23. The van der Waals surface area contributed by atoms with Gasteiger partial charge in [-0.2, -0.15) is 4.31 Å². The molecule has 1 aliphatic carbocycles. The maximum absolute atomic E-state index is 12.8. The average Bonchev–Trinajstić information content (AvgIpc) is 3.49. The summed E-state index contributed by atoms with van der Waals surface area (Å²) in [5.41, 5.74) is 0.467. The Hall–Kier alpha value is -2.31. The quantitative estimate of drug-likeness (QED) is 0.450. The van der Waals surface area contributed by atoms with E-state index in [0.717, 1.165) is 12.8 Å². The van der Waals surface area contributed by atoms with Crippen LogP contribution in [0.2, 0.25) is 0 Å². The zero-order valence-electron chi connectivity index (χ0n) is 16.5. The van der Waals surface area contributed by atoms with Gasteiger partial charge in [0.15, 0.2) is 5.78 Å². The third-order valence-corrected chi connectivity index (χ3v) is 8.00. The number of aromatic nitrogens is 4. The van der Waals surface area contributed by atoms with E-state index in [-0.39, 0.29) is 35.4 Å². The molecular weight excluding hydrogens is 428 g/mol. The molecule has 0 N–H and O–H groups in total. The number of hydrogen-bond donors (Lipinski definition) is 0. The van der Waals surface area contributed by atoms with Gasteiger partial charge in [0.1, 0.15) is 0 Å². The summed E-state index contributed by atoms with van der Waals surface area (Å²) in [6.07, 6.45) is 2.11. The van der Waals surface area contributed by atoms with Crippen LogP contribution in [0.3, 0.4) is 0 Å². The molecule has 0 radical (unpaired) electrons. The number of sulfonamides is 1. The number of nitrogens with zero attached hydrogens (tertiary/aromatic N) is 6. The van der Waals surface area contributed by atoms with Gasteiger partial charge in [0.2, 0.25) is 21.1 Å². The number of carbonyl (C=O) groups is 2. The second kappa shape index (κ2) is 8.44.